The van der Waals surface area contributed by atoms with Gasteiger partial charge in [-0.25, -0.2) is 21.6 Å². The van der Waals surface area contributed by atoms with Gasteiger partial charge in [-0.2, -0.15) is 0 Å². The molecule has 0 aromatic rings. The van der Waals surface area contributed by atoms with Crippen LogP contribution < -0.4 is 10.0 Å². The minimum absolute atomic E-state index is 0.00554. The summed E-state index contributed by atoms with van der Waals surface area (Å²) in [5, 5.41) is 9.49. The lowest BCUT2D eigenvalue weighted by Crippen LogP contribution is -2.44. The third-order valence-corrected chi connectivity index (χ3v) is 6.42. The van der Waals surface area contributed by atoms with Gasteiger partial charge in [0.1, 0.15) is 16.4 Å². The predicted octanol–water partition coefficient (Wildman–Crippen LogP) is -2.32. The normalized spacial score (nSPS) is 19.4. The number of carboxylic acid groups (broad SMARTS) is 1. The van der Waals surface area contributed by atoms with Crippen molar-refractivity contribution in [3.63, 3.8) is 0 Å². The lowest BCUT2D eigenvalue weighted by molar-refractivity contribution is -0.137. The van der Waals surface area contributed by atoms with Gasteiger partial charge >= 0.3 is 5.97 Å². The molecule has 0 aliphatic carbocycles. The number of carbonyl (C=O) groups excluding carboxylic acids is 1. The van der Waals surface area contributed by atoms with Gasteiger partial charge in [0.2, 0.25) is 15.9 Å². The van der Waals surface area contributed by atoms with Crippen molar-refractivity contribution in [1.82, 2.24) is 10.0 Å². The Morgan fingerprint density at radius 1 is 1.15 bits per heavy atom. The summed E-state index contributed by atoms with van der Waals surface area (Å²) in [5.41, 5.74) is 0. The van der Waals surface area contributed by atoms with E-state index in [2.05, 4.69) is 4.72 Å². The van der Waals surface area contributed by atoms with E-state index in [1.807, 2.05) is 5.32 Å². The Morgan fingerprint density at radius 3 is 2.20 bits per heavy atom. The summed E-state index contributed by atoms with van der Waals surface area (Å²) in [4.78, 5) is 21.4. The lowest BCUT2D eigenvalue weighted by Gasteiger charge is -2.22. The Bertz CT molecular complexity index is 567. The quantitative estimate of drug-likeness (QED) is 0.496. The molecule has 116 valence electrons. The van der Waals surface area contributed by atoms with Gasteiger partial charge in [-0.1, -0.05) is 0 Å². The standard InChI is InChI=1S/C9H16N2O7S2/c12-8(10-6-9(13)14)5-11-20(17,18)7-1-3-19(15,16)4-2-7/h7,11H,1-6H2,(H,10,12)(H,13,14). The first-order chi connectivity index (χ1) is 9.12. The van der Waals surface area contributed by atoms with Crippen LogP contribution in [0, 0.1) is 0 Å². The van der Waals surface area contributed by atoms with Gasteiger partial charge in [0, 0.05) is 0 Å². The molecule has 9 nitrogen and oxygen atoms in total. The van der Waals surface area contributed by atoms with Gasteiger partial charge in [-0.15, -0.1) is 0 Å². The van der Waals surface area contributed by atoms with E-state index in [0.29, 0.717) is 0 Å². The molecule has 0 spiro atoms. The van der Waals surface area contributed by atoms with Gasteiger partial charge in [-0.05, 0) is 12.8 Å². The molecule has 0 aromatic heterocycles. The molecule has 1 heterocycles. The second-order valence-electron chi connectivity index (χ2n) is 4.39. The number of sulfone groups is 1. The molecule has 0 unspecified atom stereocenters. The first-order valence-electron chi connectivity index (χ1n) is 5.80. The number of amides is 1. The fourth-order valence-electron chi connectivity index (χ4n) is 1.70. The van der Waals surface area contributed by atoms with Crippen molar-refractivity contribution in [3.05, 3.63) is 0 Å². The third-order valence-electron chi connectivity index (χ3n) is 2.81. The molecule has 1 fully saturated rings. The minimum Gasteiger partial charge on any atom is -0.480 e. The van der Waals surface area contributed by atoms with Crippen LogP contribution in [-0.2, 0) is 29.4 Å². The molecule has 1 rings (SSSR count). The Balaban J connectivity index is 2.46. The van der Waals surface area contributed by atoms with Gasteiger partial charge in [0.05, 0.1) is 23.3 Å². The van der Waals surface area contributed by atoms with Crippen molar-refractivity contribution in [1.29, 1.82) is 0 Å². The molecule has 0 saturated carbocycles. The number of aliphatic carboxylic acids is 1. The molecule has 0 aromatic carbocycles. The monoisotopic (exact) mass is 328 g/mol. The second-order valence-corrected chi connectivity index (χ2v) is 8.74. The summed E-state index contributed by atoms with van der Waals surface area (Å²) in [6.45, 7) is -1.17. The first kappa shape index (κ1) is 16.9. The molecule has 20 heavy (non-hydrogen) atoms. The molecule has 1 saturated heterocycles. The van der Waals surface area contributed by atoms with Crippen molar-refractivity contribution in [2.45, 2.75) is 18.1 Å². The highest BCUT2D eigenvalue weighted by molar-refractivity contribution is 7.92. The average Bonchev–Trinajstić information content (AvgIpc) is 2.33. The van der Waals surface area contributed by atoms with Crippen molar-refractivity contribution in [2.24, 2.45) is 0 Å². The van der Waals surface area contributed by atoms with E-state index < -0.39 is 50.1 Å². The van der Waals surface area contributed by atoms with Gasteiger partial charge < -0.3 is 10.4 Å². The van der Waals surface area contributed by atoms with E-state index >= 15 is 0 Å². The maximum atomic E-state index is 11.8. The molecule has 11 heteroatoms. The summed E-state index contributed by atoms with van der Waals surface area (Å²) >= 11 is 0. The molecular weight excluding hydrogens is 312 g/mol. The van der Waals surface area contributed by atoms with Crippen LogP contribution in [0.1, 0.15) is 12.8 Å². The molecule has 1 aliphatic heterocycles. The van der Waals surface area contributed by atoms with E-state index in [1.165, 1.54) is 0 Å². The van der Waals surface area contributed by atoms with Gasteiger partial charge in [0.25, 0.3) is 0 Å². The molecule has 0 radical (unpaired) electrons. The molecular formula is C9H16N2O7S2. The molecule has 1 aliphatic rings. The fourth-order valence-corrected chi connectivity index (χ4v) is 4.91. The van der Waals surface area contributed by atoms with Crippen LogP contribution in [-0.4, -0.2) is 63.7 Å². The van der Waals surface area contributed by atoms with Crippen LogP contribution in [0.3, 0.4) is 0 Å². The number of nitrogens with one attached hydrogen (secondary N) is 2. The highest BCUT2D eigenvalue weighted by atomic mass is 32.2. The lowest BCUT2D eigenvalue weighted by atomic mass is 10.2. The molecule has 3 N–H and O–H groups in total. The highest BCUT2D eigenvalue weighted by Gasteiger charge is 2.32. The highest BCUT2D eigenvalue weighted by Crippen LogP contribution is 2.18. The molecule has 0 bridgehead atoms. The van der Waals surface area contributed by atoms with E-state index in [-0.39, 0.29) is 24.3 Å². The number of rotatable bonds is 6. The van der Waals surface area contributed by atoms with Crippen LogP contribution in [0.2, 0.25) is 0 Å². The summed E-state index contributed by atoms with van der Waals surface area (Å²) < 4.78 is 48.1. The SMILES string of the molecule is O=C(O)CNC(=O)CNS(=O)(=O)C1CCS(=O)(=O)CC1. The molecule has 1 amide bonds. The van der Waals surface area contributed by atoms with Crippen LogP contribution in [0.25, 0.3) is 0 Å². The van der Waals surface area contributed by atoms with E-state index in [9.17, 15) is 26.4 Å². The van der Waals surface area contributed by atoms with Crippen LogP contribution in [0.15, 0.2) is 0 Å². The average molecular weight is 328 g/mol. The van der Waals surface area contributed by atoms with E-state index in [4.69, 9.17) is 5.11 Å². The summed E-state index contributed by atoms with van der Waals surface area (Å²) in [6, 6.07) is 0. The van der Waals surface area contributed by atoms with E-state index in [0.717, 1.165) is 0 Å². The maximum absolute atomic E-state index is 11.8. The number of carboxylic acids is 1. The third kappa shape index (κ3) is 5.43. The van der Waals surface area contributed by atoms with Crippen LogP contribution >= 0.6 is 0 Å². The van der Waals surface area contributed by atoms with Crippen LogP contribution in [0.5, 0.6) is 0 Å². The summed E-state index contributed by atoms with van der Waals surface area (Å²) in [5.74, 6) is -2.38. The second kappa shape index (κ2) is 6.50. The zero-order valence-corrected chi connectivity index (χ0v) is 12.2. The maximum Gasteiger partial charge on any atom is 0.322 e. The topological polar surface area (TPSA) is 147 Å². The van der Waals surface area contributed by atoms with Gasteiger partial charge in [0.15, 0.2) is 0 Å². The Morgan fingerprint density at radius 2 is 1.70 bits per heavy atom. The Kier molecular flexibility index (Phi) is 5.48. The van der Waals surface area contributed by atoms with E-state index in [1.54, 1.807) is 0 Å². The smallest absolute Gasteiger partial charge is 0.322 e. The zero-order valence-electron chi connectivity index (χ0n) is 10.5. The van der Waals surface area contributed by atoms with Crippen molar-refractivity contribution < 1.29 is 31.5 Å². The largest absolute Gasteiger partial charge is 0.480 e. The van der Waals surface area contributed by atoms with Crippen molar-refractivity contribution in [2.75, 3.05) is 24.6 Å². The first-order valence-corrected chi connectivity index (χ1v) is 9.16. The fraction of sp³-hybridized carbons (Fsp3) is 0.778. The summed E-state index contributed by atoms with van der Waals surface area (Å²) in [6.07, 6.45) is -0.0111. The molecule has 0 atom stereocenters. The number of carbonyl (C=O) groups is 2. The zero-order chi connectivity index (χ0) is 15.4. The Hall–Kier alpha value is -1.20. The van der Waals surface area contributed by atoms with Crippen molar-refractivity contribution >= 4 is 31.7 Å². The van der Waals surface area contributed by atoms with Gasteiger partial charge in [-0.3, -0.25) is 9.59 Å². The Labute approximate surface area is 116 Å². The predicted molar refractivity (Wildman–Crippen MR) is 69.2 cm³/mol. The number of hydrogen-bond donors (Lipinski definition) is 3. The minimum atomic E-state index is -3.79. The van der Waals surface area contributed by atoms with Crippen LogP contribution in [0.4, 0.5) is 0 Å². The number of hydrogen-bond acceptors (Lipinski definition) is 6. The summed E-state index contributed by atoms with van der Waals surface area (Å²) in [7, 11) is -6.95. The van der Waals surface area contributed by atoms with Crippen molar-refractivity contribution in [3.8, 4) is 0 Å². The number of sulfonamides is 1.